The number of ether oxygens (including phenoxy) is 2. The first-order valence-corrected chi connectivity index (χ1v) is 9.64. The van der Waals surface area contributed by atoms with E-state index >= 15 is 0 Å². The third-order valence-corrected chi connectivity index (χ3v) is 5.06. The summed E-state index contributed by atoms with van der Waals surface area (Å²) >= 11 is 0. The summed E-state index contributed by atoms with van der Waals surface area (Å²) in [5.74, 6) is 1.02. The molecule has 7 heteroatoms. The number of aliphatic hydroxyl groups is 1. The minimum absolute atomic E-state index is 0.0868. The number of carbonyl (C=O) groups is 2. The molecule has 156 valence electrons. The lowest BCUT2D eigenvalue weighted by Gasteiger charge is -2.35. The highest BCUT2D eigenvalue weighted by Gasteiger charge is 2.32. The molecule has 1 aromatic rings. The third-order valence-electron chi connectivity index (χ3n) is 5.06. The number of likely N-dealkylation sites (tertiary alicyclic amines) is 1. The smallest absolute Gasteiger partial charge is 0.227 e. The number of benzene rings is 1. The Labute approximate surface area is 167 Å². The van der Waals surface area contributed by atoms with Crippen molar-refractivity contribution in [1.82, 2.24) is 10.2 Å². The summed E-state index contributed by atoms with van der Waals surface area (Å²) < 4.78 is 10.5. The average Bonchev–Trinajstić information content (AvgIpc) is 2.70. The SMILES string of the molecule is COc1ccc(OC)c(C(O)CNC(=O)C2CCN(C(=O)C(C)(C)C)CC2)c1. The van der Waals surface area contributed by atoms with Crippen molar-refractivity contribution >= 4 is 11.8 Å². The van der Waals surface area contributed by atoms with Crippen molar-refractivity contribution < 1.29 is 24.2 Å². The number of piperidine rings is 1. The molecule has 0 saturated carbocycles. The van der Waals surface area contributed by atoms with Gasteiger partial charge in [-0.05, 0) is 31.0 Å². The molecule has 1 saturated heterocycles. The number of nitrogens with one attached hydrogen (secondary N) is 1. The normalized spacial score (nSPS) is 16.4. The zero-order valence-corrected chi connectivity index (χ0v) is 17.4. The van der Waals surface area contributed by atoms with Gasteiger partial charge in [-0.3, -0.25) is 9.59 Å². The molecular formula is C21H32N2O5. The molecule has 2 amide bonds. The summed E-state index contributed by atoms with van der Waals surface area (Å²) in [5.41, 5.74) is 0.155. The molecule has 2 N–H and O–H groups in total. The van der Waals surface area contributed by atoms with Crippen LogP contribution in [0.4, 0.5) is 0 Å². The van der Waals surface area contributed by atoms with E-state index in [0.717, 1.165) is 0 Å². The van der Waals surface area contributed by atoms with Crippen LogP contribution < -0.4 is 14.8 Å². The summed E-state index contributed by atoms with van der Waals surface area (Å²) in [6.45, 7) is 6.97. The van der Waals surface area contributed by atoms with Gasteiger partial charge in [-0.15, -0.1) is 0 Å². The standard InChI is InChI=1S/C21H32N2O5/c1-21(2,3)20(26)23-10-8-14(9-11-23)19(25)22-13-17(24)16-12-15(27-4)6-7-18(16)28-5/h6-7,12,14,17,24H,8-11,13H2,1-5H3,(H,22,25). The van der Waals surface area contributed by atoms with Gasteiger partial charge in [0, 0.05) is 36.5 Å². The van der Waals surface area contributed by atoms with E-state index in [4.69, 9.17) is 9.47 Å². The molecule has 7 nitrogen and oxygen atoms in total. The van der Waals surface area contributed by atoms with E-state index in [1.165, 1.54) is 7.11 Å². The van der Waals surface area contributed by atoms with Crippen LogP contribution in [-0.2, 0) is 9.59 Å². The van der Waals surface area contributed by atoms with Gasteiger partial charge in [0.1, 0.15) is 11.5 Å². The number of aliphatic hydroxyl groups excluding tert-OH is 1. The Morgan fingerprint density at radius 2 is 1.86 bits per heavy atom. The number of rotatable bonds is 6. The van der Waals surface area contributed by atoms with Gasteiger partial charge >= 0.3 is 0 Å². The topological polar surface area (TPSA) is 88.1 Å². The molecule has 0 radical (unpaired) electrons. The number of amides is 2. The Balaban J connectivity index is 1.89. The number of hydrogen-bond acceptors (Lipinski definition) is 5. The summed E-state index contributed by atoms with van der Waals surface area (Å²) in [4.78, 5) is 26.7. The number of carbonyl (C=O) groups excluding carboxylic acids is 2. The summed E-state index contributed by atoms with van der Waals surface area (Å²) in [7, 11) is 3.08. The van der Waals surface area contributed by atoms with Crippen molar-refractivity contribution in [2.75, 3.05) is 33.9 Å². The fourth-order valence-electron chi connectivity index (χ4n) is 3.37. The first-order chi connectivity index (χ1) is 13.2. The van der Waals surface area contributed by atoms with Gasteiger partial charge in [0.2, 0.25) is 11.8 Å². The van der Waals surface area contributed by atoms with Crippen LogP contribution in [-0.4, -0.2) is 55.7 Å². The number of nitrogens with zero attached hydrogens (tertiary/aromatic N) is 1. The van der Waals surface area contributed by atoms with Gasteiger partial charge in [0.15, 0.2) is 0 Å². The van der Waals surface area contributed by atoms with Crippen molar-refractivity contribution in [3.8, 4) is 11.5 Å². The second-order valence-electron chi connectivity index (χ2n) is 8.19. The number of hydrogen-bond donors (Lipinski definition) is 2. The molecule has 0 spiro atoms. The second kappa shape index (κ2) is 9.28. The third kappa shape index (κ3) is 5.38. The fourth-order valence-corrected chi connectivity index (χ4v) is 3.37. The van der Waals surface area contributed by atoms with Crippen molar-refractivity contribution in [1.29, 1.82) is 0 Å². The Kier molecular flexibility index (Phi) is 7.29. The highest BCUT2D eigenvalue weighted by Crippen LogP contribution is 2.29. The molecule has 0 aromatic heterocycles. The largest absolute Gasteiger partial charge is 0.497 e. The summed E-state index contributed by atoms with van der Waals surface area (Å²) in [6.07, 6.45) is 0.356. The van der Waals surface area contributed by atoms with E-state index < -0.39 is 11.5 Å². The molecule has 1 atom stereocenters. The van der Waals surface area contributed by atoms with Crippen molar-refractivity contribution in [2.24, 2.45) is 11.3 Å². The van der Waals surface area contributed by atoms with Crippen LogP contribution in [0.25, 0.3) is 0 Å². The molecule has 1 unspecified atom stereocenters. The molecule has 28 heavy (non-hydrogen) atoms. The van der Waals surface area contributed by atoms with E-state index in [2.05, 4.69) is 5.32 Å². The minimum Gasteiger partial charge on any atom is -0.497 e. The summed E-state index contributed by atoms with van der Waals surface area (Å²) in [5, 5.41) is 13.3. The zero-order valence-electron chi connectivity index (χ0n) is 17.4. The lowest BCUT2D eigenvalue weighted by molar-refractivity contribution is -0.142. The van der Waals surface area contributed by atoms with E-state index in [1.54, 1.807) is 25.3 Å². The predicted molar refractivity (Wildman–Crippen MR) is 106 cm³/mol. The van der Waals surface area contributed by atoms with Gasteiger partial charge in [0.05, 0.1) is 20.3 Å². The maximum Gasteiger partial charge on any atom is 0.227 e. The van der Waals surface area contributed by atoms with Gasteiger partial charge in [-0.1, -0.05) is 20.8 Å². The predicted octanol–water partition coefficient (Wildman–Crippen LogP) is 2.14. The first kappa shape index (κ1) is 22.0. The Morgan fingerprint density at radius 3 is 2.39 bits per heavy atom. The summed E-state index contributed by atoms with van der Waals surface area (Å²) in [6, 6.07) is 5.17. The van der Waals surface area contributed by atoms with Crippen molar-refractivity contribution in [3.63, 3.8) is 0 Å². The zero-order chi connectivity index (χ0) is 20.9. The van der Waals surface area contributed by atoms with Gasteiger partial charge in [-0.2, -0.15) is 0 Å². The lowest BCUT2D eigenvalue weighted by Crippen LogP contribution is -2.47. The van der Waals surface area contributed by atoms with Gasteiger partial charge < -0.3 is 24.8 Å². The molecule has 1 heterocycles. The van der Waals surface area contributed by atoms with Crippen LogP contribution in [0.3, 0.4) is 0 Å². The Hall–Kier alpha value is -2.28. The Morgan fingerprint density at radius 1 is 1.21 bits per heavy atom. The Bertz CT molecular complexity index is 691. The first-order valence-electron chi connectivity index (χ1n) is 9.64. The minimum atomic E-state index is -0.906. The molecule has 1 aliphatic rings. The van der Waals surface area contributed by atoms with E-state index in [-0.39, 0.29) is 24.3 Å². The maximum absolute atomic E-state index is 12.5. The van der Waals surface area contributed by atoms with E-state index in [9.17, 15) is 14.7 Å². The highest BCUT2D eigenvalue weighted by atomic mass is 16.5. The lowest BCUT2D eigenvalue weighted by atomic mass is 9.90. The average molecular weight is 392 g/mol. The van der Waals surface area contributed by atoms with Crippen LogP contribution in [0, 0.1) is 11.3 Å². The molecule has 1 fully saturated rings. The molecule has 1 aliphatic heterocycles. The second-order valence-corrected chi connectivity index (χ2v) is 8.19. The molecular weight excluding hydrogens is 360 g/mol. The molecule has 0 bridgehead atoms. The van der Waals surface area contributed by atoms with E-state index in [1.807, 2.05) is 25.7 Å². The van der Waals surface area contributed by atoms with Gasteiger partial charge in [-0.25, -0.2) is 0 Å². The molecule has 1 aromatic carbocycles. The van der Waals surface area contributed by atoms with Crippen LogP contribution >= 0.6 is 0 Å². The van der Waals surface area contributed by atoms with Crippen LogP contribution in [0.2, 0.25) is 0 Å². The monoisotopic (exact) mass is 392 g/mol. The van der Waals surface area contributed by atoms with Crippen LogP contribution in [0.5, 0.6) is 11.5 Å². The van der Waals surface area contributed by atoms with E-state index in [0.29, 0.717) is 43.0 Å². The fraction of sp³-hybridized carbons (Fsp3) is 0.619. The van der Waals surface area contributed by atoms with Gasteiger partial charge in [0.25, 0.3) is 0 Å². The van der Waals surface area contributed by atoms with Crippen molar-refractivity contribution in [2.45, 2.75) is 39.7 Å². The molecule has 0 aliphatic carbocycles. The van der Waals surface area contributed by atoms with Crippen LogP contribution in [0.15, 0.2) is 18.2 Å². The number of methoxy groups -OCH3 is 2. The van der Waals surface area contributed by atoms with Crippen LogP contribution in [0.1, 0.15) is 45.3 Å². The molecule has 2 rings (SSSR count). The highest BCUT2D eigenvalue weighted by molar-refractivity contribution is 5.82. The quantitative estimate of drug-likeness (QED) is 0.774. The van der Waals surface area contributed by atoms with Crippen molar-refractivity contribution in [3.05, 3.63) is 23.8 Å². The maximum atomic E-state index is 12.5.